The lowest BCUT2D eigenvalue weighted by molar-refractivity contribution is -0.123. The lowest BCUT2D eigenvalue weighted by Crippen LogP contribution is -2.39. The molecule has 0 bridgehead atoms. The van der Waals surface area contributed by atoms with Crippen molar-refractivity contribution in [2.45, 2.75) is 103 Å². The average molecular weight is 647 g/mol. The number of hydrogen-bond acceptors (Lipinski definition) is 7. The molecule has 4 aromatic heterocycles. The Labute approximate surface area is 284 Å². The number of imidazole rings is 2. The first-order valence-electron chi connectivity index (χ1n) is 18.1. The normalized spacial score (nSPS) is 18.0. The van der Waals surface area contributed by atoms with E-state index in [0.717, 1.165) is 59.8 Å². The van der Waals surface area contributed by atoms with Crippen molar-refractivity contribution in [1.82, 2.24) is 29.9 Å². The van der Waals surface area contributed by atoms with Gasteiger partial charge in [-0.3, -0.25) is 14.8 Å². The third-order valence-electron chi connectivity index (χ3n) is 10.9. The number of aromatic amines is 2. The quantitative estimate of drug-likeness (QED) is 0.0897. The van der Waals surface area contributed by atoms with Crippen molar-refractivity contribution >= 4 is 17.2 Å². The summed E-state index contributed by atoms with van der Waals surface area (Å²) in [7, 11) is 0. The Bertz CT molecular complexity index is 1530. The molecule has 2 fully saturated rings. The molecule has 0 spiro atoms. The second kappa shape index (κ2) is 15.8. The molecule has 0 aromatic carbocycles. The maximum Gasteiger partial charge on any atom is 0.150 e. The highest BCUT2D eigenvalue weighted by Gasteiger charge is 2.41. The minimum absolute atomic E-state index is 0.0579. The smallest absolute Gasteiger partial charge is 0.150 e. The van der Waals surface area contributed by atoms with Crippen LogP contribution in [0.25, 0.3) is 22.5 Å². The van der Waals surface area contributed by atoms with Crippen LogP contribution in [-0.2, 0) is 4.79 Å². The van der Waals surface area contributed by atoms with Gasteiger partial charge in [0.25, 0.3) is 0 Å². The van der Waals surface area contributed by atoms with Gasteiger partial charge in [0.2, 0.25) is 0 Å². The number of ketones is 1. The summed E-state index contributed by atoms with van der Waals surface area (Å²) >= 11 is 0. The molecular weight excluding hydrogens is 596 g/mol. The van der Waals surface area contributed by atoms with Crippen LogP contribution in [0.4, 0.5) is 0 Å². The summed E-state index contributed by atoms with van der Waals surface area (Å²) in [4.78, 5) is 39.8. The molecule has 252 valence electrons. The first-order valence-corrected chi connectivity index (χ1v) is 18.1. The fraction of sp³-hybridized carbons (Fsp3) is 0.513. The summed E-state index contributed by atoms with van der Waals surface area (Å²) in [6.07, 6.45) is 22.5. The summed E-state index contributed by atoms with van der Waals surface area (Å²) in [5.74, 6) is 0.691. The van der Waals surface area contributed by atoms with Gasteiger partial charge < -0.3 is 20.8 Å². The monoisotopic (exact) mass is 646 g/mol. The molecule has 48 heavy (non-hydrogen) atoms. The first-order chi connectivity index (χ1) is 23.5. The molecule has 6 rings (SSSR count). The fourth-order valence-electron chi connectivity index (χ4n) is 8.18. The van der Waals surface area contributed by atoms with E-state index < -0.39 is 11.8 Å². The van der Waals surface area contributed by atoms with E-state index >= 15 is 4.79 Å². The highest BCUT2D eigenvalue weighted by Crippen LogP contribution is 2.39. The van der Waals surface area contributed by atoms with Crippen LogP contribution < -0.4 is 0 Å². The zero-order valence-corrected chi connectivity index (χ0v) is 28.4. The Morgan fingerprint density at radius 3 is 1.42 bits per heavy atom. The zero-order chi connectivity index (χ0) is 33.5. The largest absolute Gasteiger partial charge is 0.341 e. The van der Waals surface area contributed by atoms with Crippen LogP contribution in [-0.4, -0.2) is 47.1 Å². The van der Waals surface area contributed by atoms with Crippen molar-refractivity contribution in [2.24, 2.45) is 23.7 Å². The van der Waals surface area contributed by atoms with Gasteiger partial charge in [0.05, 0.1) is 47.5 Å². The molecule has 2 aliphatic rings. The Morgan fingerprint density at radius 2 is 1.06 bits per heavy atom. The lowest BCUT2D eigenvalue weighted by atomic mass is 9.72. The van der Waals surface area contributed by atoms with Crippen molar-refractivity contribution in [3.05, 3.63) is 73.1 Å². The summed E-state index contributed by atoms with van der Waals surface area (Å²) < 4.78 is 0. The minimum atomic E-state index is -0.541. The van der Waals surface area contributed by atoms with Crippen LogP contribution >= 0.6 is 0 Å². The highest BCUT2D eigenvalue weighted by molar-refractivity contribution is 6.15. The number of hydrogen-bond donors (Lipinski definition) is 4. The van der Waals surface area contributed by atoms with Crippen LogP contribution in [0.2, 0.25) is 0 Å². The van der Waals surface area contributed by atoms with Gasteiger partial charge in [-0.05, 0) is 61.8 Å². The average Bonchev–Trinajstić information content (AvgIpc) is 3.96. The fourth-order valence-corrected chi connectivity index (χ4v) is 8.18. The van der Waals surface area contributed by atoms with Crippen LogP contribution in [0, 0.1) is 34.5 Å². The zero-order valence-electron chi connectivity index (χ0n) is 28.4. The van der Waals surface area contributed by atoms with E-state index in [4.69, 9.17) is 9.97 Å². The second-order valence-electron chi connectivity index (χ2n) is 13.9. The summed E-state index contributed by atoms with van der Waals surface area (Å²) in [5, 5.41) is 19.4. The van der Waals surface area contributed by atoms with E-state index in [1.165, 1.54) is 25.7 Å². The van der Waals surface area contributed by atoms with Crippen molar-refractivity contribution in [3.8, 4) is 22.5 Å². The van der Waals surface area contributed by atoms with E-state index in [9.17, 15) is 10.8 Å². The van der Waals surface area contributed by atoms with Gasteiger partial charge in [-0.15, -0.1) is 0 Å². The third-order valence-corrected chi connectivity index (χ3v) is 10.9. The number of H-pyrrole nitrogens is 2. The molecule has 4 unspecified atom stereocenters. The Balaban J connectivity index is 1.31. The molecule has 0 amide bonds. The maximum atomic E-state index is 15.1. The minimum Gasteiger partial charge on any atom is -0.341 e. The molecule has 9 heteroatoms. The molecule has 4 atom stereocenters. The first kappa shape index (κ1) is 33.6. The predicted molar refractivity (Wildman–Crippen MR) is 190 cm³/mol. The van der Waals surface area contributed by atoms with Crippen molar-refractivity contribution in [2.75, 3.05) is 0 Å². The van der Waals surface area contributed by atoms with E-state index in [0.29, 0.717) is 48.9 Å². The topological polar surface area (TPSA) is 148 Å². The molecule has 0 saturated heterocycles. The van der Waals surface area contributed by atoms with E-state index in [1.807, 2.05) is 36.7 Å². The lowest BCUT2D eigenvalue weighted by Gasteiger charge is -2.31. The standard InChI is InChI=1S/C39H50N8O/c1-3-29(38-44-23-33(46-38)27-13-17-42-18-14-27)35(40)31(21-25-9-5-6-10-25)37(48)32(22-26-11-7-8-12-26)36(41)30(4-2)39-45-24-34(47-39)28-15-19-43-20-16-28/h13-20,23-26,29-32,40-41H,3-12,21-22H2,1-2H3,(H,44,46)(H,45,47). The van der Waals surface area contributed by atoms with Gasteiger partial charge >= 0.3 is 0 Å². The molecule has 0 radical (unpaired) electrons. The van der Waals surface area contributed by atoms with Gasteiger partial charge in [-0.25, -0.2) is 9.97 Å². The number of pyridine rings is 2. The predicted octanol–water partition coefficient (Wildman–Crippen LogP) is 8.95. The van der Waals surface area contributed by atoms with E-state index in [2.05, 4.69) is 33.8 Å². The molecule has 4 heterocycles. The number of nitrogens with zero attached hydrogens (tertiary/aromatic N) is 4. The van der Waals surface area contributed by atoms with Gasteiger partial charge in [-0.1, -0.05) is 65.2 Å². The van der Waals surface area contributed by atoms with Gasteiger partial charge in [0.15, 0.2) is 0 Å². The van der Waals surface area contributed by atoms with Crippen molar-refractivity contribution < 1.29 is 4.79 Å². The summed E-state index contributed by atoms with van der Waals surface area (Å²) in [6.45, 7) is 4.15. The number of carbonyl (C=O) groups excluding carboxylic acids is 1. The van der Waals surface area contributed by atoms with Crippen LogP contribution in [0.5, 0.6) is 0 Å². The van der Waals surface area contributed by atoms with Crippen molar-refractivity contribution in [1.29, 1.82) is 10.8 Å². The molecule has 0 aliphatic heterocycles. The summed E-state index contributed by atoms with van der Waals surface area (Å²) in [5.41, 5.74) is 4.64. The molecule has 2 saturated carbocycles. The van der Waals surface area contributed by atoms with E-state index in [-0.39, 0.29) is 17.6 Å². The van der Waals surface area contributed by atoms with Gasteiger partial charge in [0, 0.05) is 47.3 Å². The Hall–Kier alpha value is -4.27. The number of nitrogens with one attached hydrogen (secondary N) is 4. The van der Waals surface area contributed by atoms with Crippen LogP contribution in [0.15, 0.2) is 61.4 Å². The Kier molecular flexibility index (Phi) is 11.0. The van der Waals surface area contributed by atoms with Crippen LogP contribution in [0.3, 0.4) is 0 Å². The Morgan fingerprint density at radius 1 is 0.688 bits per heavy atom. The summed E-state index contributed by atoms with van der Waals surface area (Å²) in [6, 6.07) is 7.77. The SMILES string of the molecule is CCC(C(=N)C(CC1CCCC1)C(=O)C(CC1CCCC1)C(=N)C(CC)c1ncc(-c2ccncc2)[nH]1)c1ncc(-c2ccncc2)[nH]1. The van der Waals surface area contributed by atoms with Crippen LogP contribution in [0.1, 0.15) is 114 Å². The molecule has 4 N–H and O–H groups in total. The number of Topliss-reactive ketones (excluding diaryl/α,β-unsaturated/α-hetero) is 1. The van der Waals surface area contributed by atoms with Gasteiger partial charge in [0.1, 0.15) is 17.4 Å². The number of rotatable bonds is 16. The number of carbonyl (C=O) groups is 1. The number of aromatic nitrogens is 6. The van der Waals surface area contributed by atoms with Gasteiger partial charge in [-0.2, -0.15) is 0 Å². The molecule has 2 aliphatic carbocycles. The maximum absolute atomic E-state index is 15.1. The second-order valence-corrected chi connectivity index (χ2v) is 13.9. The van der Waals surface area contributed by atoms with Crippen molar-refractivity contribution in [3.63, 3.8) is 0 Å². The molecular formula is C39H50N8O. The molecule has 9 nitrogen and oxygen atoms in total. The highest BCUT2D eigenvalue weighted by atomic mass is 16.1. The molecule has 4 aromatic rings. The third kappa shape index (κ3) is 7.55. The van der Waals surface area contributed by atoms with E-state index in [1.54, 1.807) is 24.8 Å².